The van der Waals surface area contributed by atoms with Crippen LogP contribution < -0.4 is 0 Å². The Hall–Kier alpha value is -0.510. The first-order chi connectivity index (χ1) is 5.66. The van der Waals surface area contributed by atoms with E-state index in [1.54, 1.807) is 19.1 Å². The van der Waals surface area contributed by atoms with Crippen LogP contribution in [0.25, 0.3) is 0 Å². The Morgan fingerprint density at radius 2 is 2.08 bits per heavy atom. The van der Waals surface area contributed by atoms with Gasteiger partial charge in [-0.3, -0.25) is 0 Å². The van der Waals surface area contributed by atoms with E-state index in [-0.39, 0.29) is 35.3 Å². The zero-order valence-corrected chi connectivity index (χ0v) is 7.00. The van der Waals surface area contributed by atoms with Crippen LogP contribution in [0.5, 0.6) is 5.75 Å². The normalized spacial score (nSPS) is 8.77. The summed E-state index contributed by atoms with van der Waals surface area (Å²) in [5.74, 6) is -0.318. The molecule has 1 rings (SSSR count). The molecule has 0 fully saturated rings. The maximum absolute atomic E-state index is 11.1. The Morgan fingerprint density at radius 3 is 2.62 bits per heavy atom. The number of benzene rings is 1. The number of rotatable bonds is 1. The van der Waals surface area contributed by atoms with Gasteiger partial charge in [0.25, 0.3) is 0 Å². The number of aromatic hydroxyl groups is 1. The standard InChI is InChI=1S/C9H10O3.Na.H/c1-6-7(9(11)12-2)4-3-5-8(6)10;;/h3-5,10H,1-2H3;;. The van der Waals surface area contributed by atoms with Gasteiger partial charge in [0.2, 0.25) is 0 Å². The van der Waals surface area contributed by atoms with E-state index in [9.17, 15) is 9.90 Å². The van der Waals surface area contributed by atoms with E-state index in [0.717, 1.165) is 0 Å². The van der Waals surface area contributed by atoms with Crippen LogP contribution in [0.15, 0.2) is 18.2 Å². The molecular formula is C9H11NaO3. The second-order valence-corrected chi connectivity index (χ2v) is 2.44. The fourth-order valence-electron chi connectivity index (χ4n) is 0.955. The summed E-state index contributed by atoms with van der Waals surface area (Å²) in [5, 5.41) is 9.24. The Bertz CT molecular complexity index is 310. The van der Waals surface area contributed by atoms with Gasteiger partial charge in [0.05, 0.1) is 12.7 Å². The molecule has 0 amide bonds. The summed E-state index contributed by atoms with van der Waals surface area (Å²) in [6, 6.07) is 4.75. The fraction of sp³-hybridized carbons (Fsp3) is 0.222. The van der Waals surface area contributed by atoms with Crippen LogP contribution in [0.3, 0.4) is 0 Å². The number of carbonyl (C=O) groups is 1. The van der Waals surface area contributed by atoms with E-state index in [1.807, 2.05) is 0 Å². The molecule has 1 aromatic rings. The molecule has 4 heteroatoms. The van der Waals surface area contributed by atoms with Crippen molar-refractivity contribution in [2.45, 2.75) is 6.92 Å². The third-order valence-corrected chi connectivity index (χ3v) is 1.71. The van der Waals surface area contributed by atoms with Crippen LogP contribution in [0, 0.1) is 6.92 Å². The van der Waals surface area contributed by atoms with Gasteiger partial charge < -0.3 is 9.84 Å². The van der Waals surface area contributed by atoms with Gasteiger partial charge in [-0.1, -0.05) is 6.07 Å². The number of esters is 1. The zero-order chi connectivity index (χ0) is 9.14. The average molecular weight is 190 g/mol. The number of carbonyl (C=O) groups excluding carboxylic acids is 1. The molecule has 0 radical (unpaired) electrons. The molecule has 0 spiro atoms. The number of hydrogen-bond donors (Lipinski definition) is 1. The first kappa shape index (κ1) is 12.5. The average Bonchev–Trinajstić information content (AvgIpc) is 2.08. The summed E-state index contributed by atoms with van der Waals surface area (Å²) in [7, 11) is 1.31. The molecule has 1 N–H and O–H groups in total. The predicted molar refractivity (Wildman–Crippen MR) is 51.3 cm³/mol. The zero-order valence-electron chi connectivity index (χ0n) is 7.00. The maximum atomic E-state index is 11.1. The molecule has 13 heavy (non-hydrogen) atoms. The third-order valence-electron chi connectivity index (χ3n) is 1.71. The topological polar surface area (TPSA) is 46.5 Å². The summed E-state index contributed by atoms with van der Waals surface area (Å²) in [6.07, 6.45) is 0. The number of phenolic OH excluding ortho intramolecular Hbond substituents is 1. The van der Waals surface area contributed by atoms with Crippen LogP contribution in [0.4, 0.5) is 0 Å². The summed E-state index contributed by atoms with van der Waals surface area (Å²) in [4.78, 5) is 11.1. The molecule has 3 nitrogen and oxygen atoms in total. The van der Waals surface area contributed by atoms with Crippen molar-refractivity contribution in [1.29, 1.82) is 0 Å². The van der Waals surface area contributed by atoms with E-state index in [2.05, 4.69) is 4.74 Å². The van der Waals surface area contributed by atoms with Gasteiger partial charge in [0.15, 0.2) is 0 Å². The van der Waals surface area contributed by atoms with Crippen molar-refractivity contribution in [2.24, 2.45) is 0 Å². The van der Waals surface area contributed by atoms with E-state index in [4.69, 9.17) is 0 Å². The number of hydrogen-bond acceptors (Lipinski definition) is 3. The van der Waals surface area contributed by atoms with Crippen LogP contribution in [-0.2, 0) is 4.74 Å². The van der Waals surface area contributed by atoms with Gasteiger partial charge in [-0.25, -0.2) is 4.79 Å². The first-order valence-electron chi connectivity index (χ1n) is 3.53. The third kappa shape index (κ3) is 2.72. The van der Waals surface area contributed by atoms with Crippen molar-refractivity contribution in [3.8, 4) is 5.75 Å². The van der Waals surface area contributed by atoms with Crippen LogP contribution in [0.1, 0.15) is 15.9 Å². The van der Waals surface area contributed by atoms with E-state index in [1.165, 1.54) is 13.2 Å². The Labute approximate surface area is 99.0 Å². The van der Waals surface area contributed by atoms with Gasteiger partial charge in [-0.2, -0.15) is 0 Å². The van der Waals surface area contributed by atoms with Crippen LogP contribution in [0.2, 0.25) is 0 Å². The van der Waals surface area contributed by atoms with Crippen LogP contribution >= 0.6 is 0 Å². The van der Waals surface area contributed by atoms with Gasteiger partial charge in [-0.15, -0.1) is 0 Å². The van der Waals surface area contributed by atoms with Crippen LogP contribution in [-0.4, -0.2) is 47.7 Å². The molecule has 0 bridgehead atoms. The summed E-state index contributed by atoms with van der Waals surface area (Å²) < 4.78 is 4.52. The SMILES string of the molecule is COC(=O)c1cccc(O)c1C.[NaH]. The number of phenols is 1. The van der Waals surface area contributed by atoms with Gasteiger partial charge in [-0.05, 0) is 19.1 Å². The van der Waals surface area contributed by atoms with Crippen molar-refractivity contribution >= 4 is 35.5 Å². The van der Waals surface area contributed by atoms with Crippen molar-refractivity contribution in [3.05, 3.63) is 29.3 Å². The molecule has 0 aliphatic rings. The molecule has 0 atom stereocenters. The van der Waals surface area contributed by atoms with E-state index < -0.39 is 5.97 Å². The first-order valence-corrected chi connectivity index (χ1v) is 3.53. The van der Waals surface area contributed by atoms with Gasteiger partial charge >= 0.3 is 35.5 Å². The molecule has 0 heterocycles. The Kier molecular flexibility index (Phi) is 5.06. The summed E-state index contributed by atoms with van der Waals surface area (Å²) >= 11 is 0. The van der Waals surface area contributed by atoms with Crippen molar-refractivity contribution in [3.63, 3.8) is 0 Å². The molecule has 0 aromatic heterocycles. The summed E-state index contributed by atoms with van der Waals surface area (Å²) in [5.41, 5.74) is 0.946. The second-order valence-electron chi connectivity index (χ2n) is 2.44. The minimum atomic E-state index is -0.427. The molecule has 66 valence electrons. The molecular weight excluding hydrogens is 179 g/mol. The Morgan fingerprint density at radius 1 is 1.46 bits per heavy atom. The molecule has 0 aliphatic carbocycles. The summed E-state index contributed by atoms with van der Waals surface area (Å²) in [6.45, 7) is 1.67. The fourth-order valence-corrected chi connectivity index (χ4v) is 0.955. The van der Waals surface area contributed by atoms with Crippen molar-refractivity contribution < 1.29 is 14.6 Å². The second kappa shape index (κ2) is 5.27. The molecule has 0 saturated carbocycles. The van der Waals surface area contributed by atoms with Crippen molar-refractivity contribution in [1.82, 2.24) is 0 Å². The molecule has 0 unspecified atom stereocenters. The number of ether oxygens (including phenoxy) is 1. The minimum absolute atomic E-state index is 0. The molecule has 0 aliphatic heterocycles. The number of methoxy groups -OCH3 is 1. The van der Waals surface area contributed by atoms with E-state index in [0.29, 0.717) is 11.1 Å². The van der Waals surface area contributed by atoms with Crippen molar-refractivity contribution in [2.75, 3.05) is 7.11 Å². The molecule has 0 saturated heterocycles. The quantitative estimate of drug-likeness (QED) is 0.527. The Balaban J connectivity index is 0.00000144. The van der Waals surface area contributed by atoms with E-state index >= 15 is 0 Å². The van der Waals surface area contributed by atoms with Gasteiger partial charge in [0.1, 0.15) is 5.75 Å². The predicted octanol–water partition coefficient (Wildman–Crippen LogP) is 0.839. The monoisotopic (exact) mass is 190 g/mol. The molecule has 1 aromatic carbocycles. The van der Waals surface area contributed by atoms with Gasteiger partial charge in [0, 0.05) is 5.56 Å².